The second kappa shape index (κ2) is 5.71. The van der Waals surface area contributed by atoms with Crippen molar-refractivity contribution in [2.24, 2.45) is 5.73 Å². The summed E-state index contributed by atoms with van der Waals surface area (Å²) in [5.74, 6) is 0.703. The first-order valence-corrected chi connectivity index (χ1v) is 6.42. The largest absolute Gasteiger partial charge is 0.496 e. The van der Waals surface area contributed by atoms with Crippen LogP contribution in [0.3, 0.4) is 0 Å². The quantitative estimate of drug-likeness (QED) is 0.507. The summed E-state index contributed by atoms with van der Waals surface area (Å²) in [6.45, 7) is 1.85. The Balaban J connectivity index is 2.35. The van der Waals surface area contributed by atoms with E-state index in [-0.39, 0.29) is 5.84 Å². The molecule has 0 unspecified atom stereocenters. The molecule has 2 rings (SSSR count). The van der Waals surface area contributed by atoms with Crippen LogP contribution in [-0.4, -0.2) is 22.9 Å². The van der Waals surface area contributed by atoms with Crippen molar-refractivity contribution in [2.45, 2.75) is 17.0 Å². The van der Waals surface area contributed by atoms with E-state index in [1.54, 1.807) is 13.2 Å². The van der Waals surface area contributed by atoms with Crippen LogP contribution in [0.4, 0.5) is 0 Å². The molecule has 6 heteroatoms. The van der Waals surface area contributed by atoms with Gasteiger partial charge in [-0.3, -0.25) is 5.41 Å². The molecule has 0 saturated heterocycles. The number of ether oxygens (including phenoxy) is 1. The monoisotopic (exact) mass is 274 g/mol. The minimum atomic E-state index is -0.0626. The Morgan fingerprint density at radius 2 is 2.05 bits per heavy atom. The number of para-hydroxylation sites is 1. The molecule has 0 saturated carbocycles. The molecule has 0 aliphatic carbocycles. The SMILES string of the molecule is COc1ccccc1Sc1nc(C)cc(C(=N)N)n1. The van der Waals surface area contributed by atoms with Crippen molar-refractivity contribution >= 4 is 17.6 Å². The fourth-order valence-corrected chi connectivity index (χ4v) is 2.46. The van der Waals surface area contributed by atoms with Gasteiger partial charge in [0.2, 0.25) is 0 Å². The minimum Gasteiger partial charge on any atom is -0.496 e. The molecule has 0 bridgehead atoms. The van der Waals surface area contributed by atoms with Crippen LogP contribution in [0.25, 0.3) is 0 Å². The van der Waals surface area contributed by atoms with Crippen LogP contribution in [0.5, 0.6) is 5.75 Å². The molecule has 5 nitrogen and oxygen atoms in total. The van der Waals surface area contributed by atoms with Crippen LogP contribution in [0.2, 0.25) is 0 Å². The number of nitrogen functional groups attached to an aromatic ring is 1. The van der Waals surface area contributed by atoms with E-state index in [0.717, 1.165) is 16.3 Å². The van der Waals surface area contributed by atoms with Crippen molar-refractivity contribution in [2.75, 3.05) is 7.11 Å². The Morgan fingerprint density at radius 1 is 1.32 bits per heavy atom. The first kappa shape index (κ1) is 13.4. The fraction of sp³-hybridized carbons (Fsp3) is 0.154. The predicted octanol–water partition coefficient (Wildman–Crippen LogP) is 2.23. The third-order valence-electron chi connectivity index (χ3n) is 2.38. The molecule has 0 atom stereocenters. The highest BCUT2D eigenvalue weighted by Gasteiger charge is 2.09. The highest BCUT2D eigenvalue weighted by Crippen LogP contribution is 2.32. The Bertz CT molecular complexity index is 615. The molecular weight excluding hydrogens is 260 g/mol. The van der Waals surface area contributed by atoms with Gasteiger partial charge in [0, 0.05) is 5.69 Å². The van der Waals surface area contributed by atoms with Gasteiger partial charge in [-0.15, -0.1) is 0 Å². The van der Waals surface area contributed by atoms with E-state index in [0.29, 0.717) is 10.9 Å². The van der Waals surface area contributed by atoms with E-state index in [9.17, 15) is 0 Å². The molecule has 0 radical (unpaired) electrons. The summed E-state index contributed by atoms with van der Waals surface area (Å²) in [5, 5.41) is 7.99. The van der Waals surface area contributed by atoms with Gasteiger partial charge in [-0.25, -0.2) is 9.97 Å². The Hall–Kier alpha value is -2.08. The predicted molar refractivity (Wildman–Crippen MR) is 74.9 cm³/mol. The zero-order chi connectivity index (χ0) is 13.8. The number of amidine groups is 1. The van der Waals surface area contributed by atoms with Crippen LogP contribution in [0.1, 0.15) is 11.4 Å². The van der Waals surface area contributed by atoms with Crippen LogP contribution >= 0.6 is 11.8 Å². The number of rotatable bonds is 4. The standard InChI is InChI=1S/C13H14N4OS/c1-8-7-9(12(14)15)17-13(16-8)19-11-6-4-3-5-10(11)18-2/h3-7H,1-2H3,(H3,14,15). The van der Waals surface area contributed by atoms with E-state index in [2.05, 4.69) is 9.97 Å². The van der Waals surface area contributed by atoms with Crippen molar-refractivity contribution in [3.05, 3.63) is 41.7 Å². The maximum atomic E-state index is 7.44. The number of nitrogens with one attached hydrogen (secondary N) is 1. The molecule has 0 aliphatic heterocycles. The zero-order valence-corrected chi connectivity index (χ0v) is 11.5. The smallest absolute Gasteiger partial charge is 0.193 e. The molecule has 1 aromatic carbocycles. The molecule has 0 aliphatic rings. The van der Waals surface area contributed by atoms with Gasteiger partial charge in [-0.05, 0) is 36.9 Å². The van der Waals surface area contributed by atoms with Gasteiger partial charge in [0.15, 0.2) is 5.16 Å². The lowest BCUT2D eigenvalue weighted by Crippen LogP contribution is -2.14. The van der Waals surface area contributed by atoms with Crippen molar-refractivity contribution in [3.8, 4) is 5.75 Å². The first-order chi connectivity index (χ1) is 9.10. The first-order valence-electron chi connectivity index (χ1n) is 5.61. The van der Waals surface area contributed by atoms with E-state index < -0.39 is 0 Å². The van der Waals surface area contributed by atoms with E-state index >= 15 is 0 Å². The zero-order valence-electron chi connectivity index (χ0n) is 10.7. The molecule has 0 amide bonds. The van der Waals surface area contributed by atoms with Crippen molar-refractivity contribution < 1.29 is 4.74 Å². The highest BCUT2D eigenvalue weighted by atomic mass is 32.2. The normalized spacial score (nSPS) is 10.2. The number of hydrogen-bond acceptors (Lipinski definition) is 5. The number of nitrogens with two attached hydrogens (primary N) is 1. The Morgan fingerprint density at radius 3 is 2.74 bits per heavy atom. The molecule has 0 spiro atoms. The summed E-state index contributed by atoms with van der Waals surface area (Å²) in [7, 11) is 1.62. The van der Waals surface area contributed by atoms with Gasteiger partial charge in [0.25, 0.3) is 0 Å². The summed E-state index contributed by atoms with van der Waals surface area (Å²) in [6.07, 6.45) is 0. The van der Waals surface area contributed by atoms with E-state index in [1.807, 2.05) is 31.2 Å². The molecule has 1 aromatic heterocycles. The van der Waals surface area contributed by atoms with Crippen LogP contribution in [0.15, 0.2) is 40.4 Å². The van der Waals surface area contributed by atoms with Crippen molar-refractivity contribution in [3.63, 3.8) is 0 Å². The lowest BCUT2D eigenvalue weighted by atomic mass is 10.3. The Kier molecular flexibility index (Phi) is 4.01. The van der Waals surface area contributed by atoms with E-state index in [1.165, 1.54) is 11.8 Å². The highest BCUT2D eigenvalue weighted by molar-refractivity contribution is 7.99. The van der Waals surface area contributed by atoms with Crippen molar-refractivity contribution in [1.82, 2.24) is 9.97 Å². The Labute approximate surface area is 115 Å². The molecule has 19 heavy (non-hydrogen) atoms. The van der Waals surface area contributed by atoms with Gasteiger partial charge in [0.1, 0.15) is 17.3 Å². The maximum absolute atomic E-state index is 7.44. The van der Waals surface area contributed by atoms with Gasteiger partial charge in [0.05, 0.1) is 12.0 Å². The third kappa shape index (κ3) is 3.23. The van der Waals surface area contributed by atoms with Crippen LogP contribution in [-0.2, 0) is 0 Å². The number of methoxy groups -OCH3 is 1. The second-order valence-corrected chi connectivity index (χ2v) is 4.85. The number of nitrogens with zero attached hydrogens (tertiary/aromatic N) is 2. The van der Waals surface area contributed by atoms with Crippen LogP contribution in [0, 0.1) is 12.3 Å². The molecule has 1 heterocycles. The molecular formula is C13H14N4OS. The lowest BCUT2D eigenvalue weighted by Gasteiger charge is -2.08. The lowest BCUT2D eigenvalue weighted by molar-refractivity contribution is 0.405. The molecule has 98 valence electrons. The summed E-state index contributed by atoms with van der Waals surface area (Å²) in [6, 6.07) is 9.33. The summed E-state index contributed by atoms with van der Waals surface area (Å²) < 4.78 is 5.28. The van der Waals surface area contributed by atoms with Crippen molar-refractivity contribution in [1.29, 1.82) is 5.41 Å². The average Bonchev–Trinajstić information content (AvgIpc) is 2.38. The summed E-state index contributed by atoms with van der Waals surface area (Å²) in [5.41, 5.74) is 6.67. The van der Waals surface area contributed by atoms with Gasteiger partial charge in [-0.2, -0.15) is 0 Å². The number of aromatic nitrogens is 2. The summed E-state index contributed by atoms with van der Waals surface area (Å²) in [4.78, 5) is 9.50. The fourth-order valence-electron chi connectivity index (χ4n) is 1.53. The number of hydrogen-bond donors (Lipinski definition) is 2. The topological polar surface area (TPSA) is 84.9 Å². The maximum Gasteiger partial charge on any atom is 0.193 e. The molecule has 2 aromatic rings. The van der Waals surface area contributed by atoms with E-state index in [4.69, 9.17) is 15.9 Å². The molecule has 3 N–H and O–H groups in total. The number of aryl methyl sites for hydroxylation is 1. The molecule has 0 fully saturated rings. The third-order valence-corrected chi connectivity index (χ3v) is 3.30. The average molecular weight is 274 g/mol. The number of benzene rings is 1. The van der Waals surface area contributed by atoms with Gasteiger partial charge in [-0.1, -0.05) is 12.1 Å². The summed E-state index contributed by atoms with van der Waals surface area (Å²) >= 11 is 1.39. The van der Waals surface area contributed by atoms with Gasteiger partial charge < -0.3 is 10.5 Å². The minimum absolute atomic E-state index is 0.0626. The second-order valence-electron chi connectivity index (χ2n) is 3.84. The van der Waals surface area contributed by atoms with Gasteiger partial charge >= 0.3 is 0 Å². The van der Waals surface area contributed by atoms with Crippen LogP contribution < -0.4 is 10.5 Å².